The summed E-state index contributed by atoms with van der Waals surface area (Å²) in [7, 11) is 0. The van der Waals surface area contributed by atoms with Crippen molar-refractivity contribution in [1.29, 1.82) is 0 Å². The Morgan fingerprint density at radius 1 is 1.15 bits per heavy atom. The second kappa shape index (κ2) is 6.59. The number of nitrogens with one attached hydrogen (secondary N) is 1. The number of benzene rings is 1. The molecule has 0 heterocycles. The van der Waals surface area contributed by atoms with Gasteiger partial charge in [0, 0.05) is 12.1 Å². The lowest BCUT2D eigenvalue weighted by Gasteiger charge is -2.27. The third-order valence-corrected chi connectivity index (χ3v) is 4.60. The third-order valence-electron chi connectivity index (χ3n) is 4.60. The molecule has 0 saturated heterocycles. The lowest BCUT2D eigenvalue weighted by molar-refractivity contribution is -0.125. The van der Waals surface area contributed by atoms with E-state index in [2.05, 4.69) is 29.6 Å². The molecule has 2 aliphatic rings. The van der Waals surface area contributed by atoms with Crippen LogP contribution in [-0.4, -0.2) is 18.0 Å². The molecule has 0 radical (unpaired) electrons. The maximum absolute atomic E-state index is 12.2. The molecule has 1 fully saturated rings. The molecule has 2 aliphatic carbocycles. The second-order valence-electron chi connectivity index (χ2n) is 5.92. The zero-order valence-corrected chi connectivity index (χ0v) is 12.5. The lowest BCUT2D eigenvalue weighted by Crippen LogP contribution is -2.45. The van der Waals surface area contributed by atoms with Crippen molar-refractivity contribution in [3.63, 3.8) is 0 Å². The van der Waals surface area contributed by atoms with Gasteiger partial charge in [-0.1, -0.05) is 30.7 Å². The van der Waals surface area contributed by atoms with E-state index >= 15 is 0 Å². The summed E-state index contributed by atoms with van der Waals surface area (Å²) in [5, 5.41) is 3.21. The molecule has 0 aliphatic heterocycles. The zero-order valence-electron chi connectivity index (χ0n) is 11.7. The Labute approximate surface area is 126 Å². The van der Waals surface area contributed by atoms with Crippen molar-refractivity contribution in [1.82, 2.24) is 5.32 Å². The van der Waals surface area contributed by atoms with Gasteiger partial charge in [0.25, 0.3) is 0 Å². The van der Waals surface area contributed by atoms with Crippen LogP contribution in [0.3, 0.4) is 0 Å². The van der Waals surface area contributed by atoms with Crippen molar-refractivity contribution in [2.45, 2.75) is 50.6 Å². The van der Waals surface area contributed by atoms with Crippen LogP contribution in [0.4, 0.5) is 0 Å². The minimum absolute atomic E-state index is 0. The van der Waals surface area contributed by atoms with Crippen LogP contribution < -0.4 is 11.1 Å². The number of aryl methyl sites for hydroxylation is 1. The molecule has 1 amide bonds. The second-order valence-corrected chi connectivity index (χ2v) is 5.92. The number of hydrogen-bond donors (Lipinski definition) is 2. The predicted octanol–water partition coefficient (Wildman–Crippen LogP) is 2.21. The summed E-state index contributed by atoms with van der Waals surface area (Å²) in [4.78, 5) is 12.2. The van der Waals surface area contributed by atoms with E-state index in [1.807, 2.05) is 0 Å². The van der Waals surface area contributed by atoms with Crippen LogP contribution >= 0.6 is 12.4 Å². The predicted molar refractivity (Wildman–Crippen MR) is 83.0 cm³/mol. The van der Waals surface area contributed by atoms with E-state index in [1.54, 1.807) is 0 Å². The van der Waals surface area contributed by atoms with Crippen molar-refractivity contribution in [3.8, 4) is 0 Å². The zero-order chi connectivity index (χ0) is 13.2. The summed E-state index contributed by atoms with van der Waals surface area (Å²) in [6.45, 7) is 0. The van der Waals surface area contributed by atoms with E-state index in [0.717, 1.165) is 38.5 Å². The fraction of sp³-hybridized carbons (Fsp3) is 0.562. The number of nitrogens with two attached hydrogens (primary N) is 1. The molecule has 0 bridgehead atoms. The summed E-state index contributed by atoms with van der Waals surface area (Å²) in [6.07, 6.45) is 6.11. The highest BCUT2D eigenvalue weighted by Gasteiger charge is 2.31. The topological polar surface area (TPSA) is 55.1 Å². The minimum atomic E-state index is 0. The Kier molecular flexibility index (Phi) is 5.06. The normalized spacial score (nSPS) is 28.4. The van der Waals surface area contributed by atoms with E-state index in [4.69, 9.17) is 5.73 Å². The fourth-order valence-electron chi connectivity index (χ4n) is 3.44. The number of halogens is 1. The van der Waals surface area contributed by atoms with Crippen LogP contribution in [0.1, 0.15) is 36.8 Å². The first-order valence-electron chi connectivity index (χ1n) is 7.37. The number of hydrogen-bond acceptors (Lipinski definition) is 2. The molecular weight excluding hydrogens is 272 g/mol. The van der Waals surface area contributed by atoms with Gasteiger partial charge in [0.1, 0.15) is 0 Å². The molecule has 0 spiro atoms. The highest BCUT2D eigenvalue weighted by Crippen LogP contribution is 2.25. The molecule has 3 rings (SSSR count). The molecule has 3 unspecified atom stereocenters. The van der Waals surface area contributed by atoms with E-state index < -0.39 is 0 Å². The first kappa shape index (κ1) is 15.3. The Hall–Kier alpha value is -1.06. The largest absolute Gasteiger partial charge is 0.353 e. The van der Waals surface area contributed by atoms with Gasteiger partial charge in [0.15, 0.2) is 0 Å². The van der Waals surface area contributed by atoms with Crippen molar-refractivity contribution in [3.05, 3.63) is 35.4 Å². The van der Waals surface area contributed by atoms with E-state index in [1.165, 1.54) is 11.1 Å². The van der Waals surface area contributed by atoms with Crippen LogP contribution in [0.5, 0.6) is 0 Å². The van der Waals surface area contributed by atoms with E-state index in [-0.39, 0.29) is 36.3 Å². The summed E-state index contributed by atoms with van der Waals surface area (Å²) in [5.41, 5.74) is 8.82. The first-order valence-corrected chi connectivity index (χ1v) is 7.37. The van der Waals surface area contributed by atoms with Crippen molar-refractivity contribution < 1.29 is 4.79 Å². The van der Waals surface area contributed by atoms with Gasteiger partial charge in [0.2, 0.25) is 5.91 Å². The van der Waals surface area contributed by atoms with Gasteiger partial charge in [0.05, 0.1) is 5.92 Å². The Bertz CT molecular complexity index is 477. The molecule has 4 heteroatoms. The molecule has 3 atom stereocenters. The number of amides is 1. The third kappa shape index (κ3) is 3.15. The highest BCUT2D eigenvalue weighted by atomic mass is 35.5. The molecule has 3 N–H and O–H groups in total. The van der Waals surface area contributed by atoms with Crippen LogP contribution in [0.2, 0.25) is 0 Å². The maximum Gasteiger partial charge on any atom is 0.224 e. The monoisotopic (exact) mass is 294 g/mol. The number of carbonyl (C=O) groups is 1. The molecule has 20 heavy (non-hydrogen) atoms. The minimum Gasteiger partial charge on any atom is -0.353 e. The van der Waals surface area contributed by atoms with Gasteiger partial charge >= 0.3 is 0 Å². The Balaban J connectivity index is 0.00000147. The van der Waals surface area contributed by atoms with Crippen molar-refractivity contribution in [2.24, 2.45) is 11.7 Å². The SMILES string of the molecule is Cl.NC1CCCC1C(=O)NC1CCc2ccccc2C1. The van der Waals surface area contributed by atoms with Crippen LogP contribution in [0.25, 0.3) is 0 Å². The number of fused-ring (bicyclic) bond motifs is 1. The summed E-state index contributed by atoms with van der Waals surface area (Å²) < 4.78 is 0. The van der Waals surface area contributed by atoms with Gasteiger partial charge in [-0.2, -0.15) is 0 Å². The van der Waals surface area contributed by atoms with E-state index in [0.29, 0.717) is 0 Å². The number of rotatable bonds is 2. The molecule has 3 nitrogen and oxygen atoms in total. The van der Waals surface area contributed by atoms with Crippen LogP contribution in [-0.2, 0) is 17.6 Å². The Morgan fingerprint density at radius 3 is 2.60 bits per heavy atom. The Morgan fingerprint density at radius 2 is 1.90 bits per heavy atom. The number of carbonyl (C=O) groups excluding carboxylic acids is 1. The molecular formula is C16H23ClN2O. The standard InChI is InChI=1S/C16H22N2O.ClH/c17-15-7-3-6-14(15)16(19)18-13-9-8-11-4-1-2-5-12(11)10-13;/h1-2,4-5,13-15H,3,6-10,17H2,(H,18,19);1H. The van der Waals surface area contributed by atoms with Crippen molar-refractivity contribution >= 4 is 18.3 Å². The average Bonchev–Trinajstić information content (AvgIpc) is 2.85. The molecule has 1 saturated carbocycles. The molecule has 1 aromatic rings. The molecule has 1 aromatic carbocycles. The molecule has 110 valence electrons. The summed E-state index contributed by atoms with van der Waals surface area (Å²) in [6, 6.07) is 8.89. The lowest BCUT2D eigenvalue weighted by atomic mass is 9.88. The van der Waals surface area contributed by atoms with Gasteiger partial charge in [-0.25, -0.2) is 0 Å². The maximum atomic E-state index is 12.2. The highest BCUT2D eigenvalue weighted by molar-refractivity contribution is 5.85. The van der Waals surface area contributed by atoms with Gasteiger partial charge in [-0.15, -0.1) is 12.4 Å². The quantitative estimate of drug-likeness (QED) is 0.879. The summed E-state index contributed by atoms with van der Waals surface area (Å²) in [5.74, 6) is 0.214. The smallest absolute Gasteiger partial charge is 0.224 e. The summed E-state index contributed by atoms with van der Waals surface area (Å²) >= 11 is 0. The van der Waals surface area contributed by atoms with Gasteiger partial charge in [-0.05, 0) is 43.2 Å². The van der Waals surface area contributed by atoms with Crippen LogP contribution in [0, 0.1) is 5.92 Å². The van der Waals surface area contributed by atoms with Gasteiger partial charge in [-0.3, -0.25) is 4.79 Å². The fourth-order valence-corrected chi connectivity index (χ4v) is 3.44. The van der Waals surface area contributed by atoms with Gasteiger partial charge < -0.3 is 11.1 Å². The van der Waals surface area contributed by atoms with Crippen LogP contribution in [0.15, 0.2) is 24.3 Å². The van der Waals surface area contributed by atoms with Crippen molar-refractivity contribution in [2.75, 3.05) is 0 Å². The average molecular weight is 295 g/mol. The first-order chi connectivity index (χ1) is 9.24. The molecule has 0 aromatic heterocycles. The van der Waals surface area contributed by atoms with E-state index in [9.17, 15) is 4.79 Å².